The van der Waals surface area contributed by atoms with Gasteiger partial charge in [-0.15, -0.1) is 0 Å². The molecule has 0 saturated heterocycles. The van der Waals surface area contributed by atoms with Crippen LogP contribution < -0.4 is 0 Å². The third kappa shape index (κ3) is 4.09. The minimum atomic E-state index is 0.0592. The van der Waals surface area contributed by atoms with Gasteiger partial charge >= 0.3 is 0 Å². The first-order chi connectivity index (χ1) is 7.63. The summed E-state index contributed by atoms with van der Waals surface area (Å²) in [5.41, 5.74) is 0. The standard InChI is InChI=1S/C13H21NO2/c1-4-5-6-7-12-8-9-13(16-12)10-14(3)11(2)15/h8-9H,4-7,10H2,1-3H3. The zero-order valence-electron chi connectivity index (χ0n) is 10.5. The molecule has 0 fully saturated rings. The van der Waals surface area contributed by atoms with Crippen molar-refractivity contribution in [2.45, 2.75) is 46.1 Å². The molecule has 1 amide bonds. The molecule has 0 N–H and O–H groups in total. The molecule has 1 heterocycles. The second kappa shape index (κ2) is 6.36. The van der Waals surface area contributed by atoms with Crippen molar-refractivity contribution in [3.63, 3.8) is 0 Å². The number of carbonyl (C=O) groups excluding carboxylic acids is 1. The second-order valence-electron chi connectivity index (χ2n) is 4.20. The normalized spacial score (nSPS) is 10.4. The Hall–Kier alpha value is -1.25. The summed E-state index contributed by atoms with van der Waals surface area (Å²) in [6.45, 7) is 4.31. The molecule has 0 spiro atoms. The number of amides is 1. The molecule has 1 rings (SSSR count). The van der Waals surface area contributed by atoms with Crippen LogP contribution in [-0.4, -0.2) is 17.9 Å². The fraction of sp³-hybridized carbons (Fsp3) is 0.615. The number of hydrogen-bond acceptors (Lipinski definition) is 2. The van der Waals surface area contributed by atoms with Crippen molar-refractivity contribution >= 4 is 5.91 Å². The summed E-state index contributed by atoms with van der Waals surface area (Å²) >= 11 is 0. The Morgan fingerprint density at radius 3 is 2.62 bits per heavy atom. The van der Waals surface area contributed by atoms with E-state index in [1.807, 2.05) is 12.1 Å². The van der Waals surface area contributed by atoms with Crippen LogP contribution in [0.2, 0.25) is 0 Å². The molecular weight excluding hydrogens is 202 g/mol. The minimum absolute atomic E-state index is 0.0592. The Kier molecular flexibility index (Phi) is 5.09. The van der Waals surface area contributed by atoms with Gasteiger partial charge in [-0.1, -0.05) is 19.8 Å². The molecule has 0 bridgehead atoms. The highest BCUT2D eigenvalue weighted by Gasteiger charge is 2.07. The summed E-state index contributed by atoms with van der Waals surface area (Å²) in [5, 5.41) is 0. The quantitative estimate of drug-likeness (QED) is 0.695. The third-order valence-electron chi connectivity index (χ3n) is 2.67. The number of aryl methyl sites for hydroxylation is 1. The molecule has 0 aliphatic rings. The Bertz CT molecular complexity index is 330. The zero-order chi connectivity index (χ0) is 12.0. The summed E-state index contributed by atoms with van der Waals surface area (Å²) in [6.07, 6.45) is 4.63. The maximum Gasteiger partial charge on any atom is 0.219 e. The first-order valence-electron chi connectivity index (χ1n) is 5.92. The molecule has 1 aromatic heterocycles. The van der Waals surface area contributed by atoms with Crippen molar-refractivity contribution in [1.29, 1.82) is 0 Å². The molecule has 3 heteroatoms. The molecule has 0 radical (unpaired) electrons. The van der Waals surface area contributed by atoms with E-state index in [0.29, 0.717) is 6.54 Å². The molecule has 0 aromatic carbocycles. The summed E-state index contributed by atoms with van der Waals surface area (Å²) < 4.78 is 5.66. The average Bonchev–Trinajstić information content (AvgIpc) is 2.66. The predicted molar refractivity (Wildman–Crippen MR) is 64.1 cm³/mol. The van der Waals surface area contributed by atoms with Crippen LogP contribution in [0.15, 0.2) is 16.5 Å². The van der Waals surface area contributed by atoms with Crippen LogP contribution in [0.5, 0.6) is 0 Å². The first kappa shape index (κ1) is 12.8. The van der Waals surface area contributed by atoms with Crippen LogP contribution in [0.25, 0.3) is 0 Å². The number of rotatable bonds is 6. The monoisotopic (exact) mass is 223 g/mol. The van der Waals surface area contributed by atoms with Gasteiger partial charge in [0.05, 0.1) is 6.54 Å². The summed E-state index contributed by atoms with van der Waals surface area (Å²) in [4.78, 5) is 12.7. The first-order valence-corrected chi connectivity index (χ1v) is 5.92. The van der Waals surface area contributed by atoms with E-state index < -0.39 is 0 Å². The Balaban J connectivity index is 2.42. The maximum absolute atomic E-state index is 11.1. The van der Waals surface area contributed by atoms with Gasteiger partial charge in [-0.05, 0) is 18.6 Å². The molecule has 90 valence electrons. The van der Waals surface area contributed by atoms with Crippen LogP contribution in [0.1, 0.15) is 44.6 Å². The SMILES string of the molecule is CCCCCc1ccc(CN(C)C(C)=O)o1. The van der Waals surface area contributed by atoms with Crippen molar-refractivity contribution < 1.29 is 9.21 Å². The largest absolute Gasteiger partial charge is 0.464 e. The topological polar surface area (TPSA) is 33.5 Å². The van der Waals surface area contributed by atoms with Crippen molar-refractivity contribution in [3.05, 3.63) is 23.7 Å². The molecule has 16 heavy (non-hydrogen) atoms. The van der Waals surface area contributed by atoms with E-state index in [1.54, 1.807) is 18.9 Å². The predicted octanol–water partition coefficient (Wildman–Crippen LogP) is 2.99. The van der Waals surface area contributed by atoms with Crippen molar-refractivity contribution in [2.24, 2.45) is 0 Å². The molecule has 1 aromatic rings. The summed E-state index contributed by atoms with van der Waals surface area (Å²) in [7, 11) is 1.78. The van der Waals surface area contributed by atoms with E-state index in [9.17, 15) is 4.79 Å². The highest BCUT2D eigenvalue weighted by molar-refractivity contribution is 5.72. The second-order valence-corrected chi connectivity index (χ2v) is 4.20. The maximum atomic E-state index is 11.1. The lowest BCUT2D eigenvalue weighted by Crippen LogP contribution is -2.22. The Morgan fingerprint density at radius 1 is 1.31 bits per heavy atom. The van der Waals surface area contributed by atoms with Gasteiger partial charge in [-0.3, -0.25) is 4.79 Å². The number of carbonyl (C=O) groups is 1. The van der Waals surface area contributed by atoms with Crippen molar-refractivity contribution in [2.75, 3.05) is 7.05 Å². The minimum Gasteiger partial charge on any atom is -0.464 e. The van der Waals surface area contributed by atoms with E-state index >= 15 is 0 Å². The summed E-state index contributed by atoms with van der Waals surface area (Å²) in [6, 6.07) is 3.97. The van der Waals surface area contributed by atoms with E-state index in [-0.39, 0.29) is 5.91 Å². The summed E-state index contributed by atoms with van der Waals surface area (Å²) in [5.74, 6) is 1.95. The van der Waals surface area contributed by atoms with E-state index in [4.69, 9.17) is 4.42 Å². The lowest BCUT2D eigenvalue weighted by molar-refractivity contribution is -0.128. The van der Waals surface area contributed by atoms with Crippen LogP contribution in [0, 0.1) is 0 Å². The van der Waals surface area contributed by atoms with Gasteiger partial charge in [0, 0.05) is 20.4 Å². The lowest BCUT2D eigenvalue weighted by atomic mass is 10.2. The Labute approximate surface area is 97.4 Å². The molecule has 0 aliphatic heterocycles. The van der Waals surface area contributed by atoms with Crippen molar-refractivity contribution in [3.8, 4) is 0 Å². The molecule has 0 unspecified atom stereocenters. The highest BCUT2D eigenvalue weighted by atomic mass is 16.3. The van der Waals surface area contributed by atoms with E-state index in [0.717, 1.165) is 17.9 Å². The van der Waals surface area contributed by atoms with Gasteiger partial charge < -0.3 is 9.32 Å². The molecule has 3 nitrogen and oxygen atoms in total. The zero-order valence-corrected chi connectivity index (χ0v) is 10.5. The van der Waals surface area contributed by atoms with Crippen LogP contribution >= 0.6 is 0 Å². The average molecular weight is 223 g/mol. The molecule has 0 aliphatic carbocycles. The van der Waals surface area contributed by atoms with Gasteiger partial charge in [0.2, 0.25) is 5.91 Å². The number of unbranched alkanes of at least 4 members (excludes halogenated alkanes) is 2. The smallest absolute Gasteiger partial charge is 0.219 e. The molecule has 0 atom stereocenters. The lowest BCUT2D eigenvalue weighted by Gasteiger charge is -2.12. The van der Waals surface area contributed by atoms with Gasteiger partial charge in [0.1, 0.15) is 11.5 Å². The van der Waals surface area contributed by atoms with Gasteiger partial charge in [-0.2, -0.15) is 0 Å². The fourth-order valence-corrected chi connectivity index (χ4v) is 1.54. The van der Waals surface area contributed by atoms with Crippen molar-refractivity contribution in [1.82, 2.24) is 4.90 Å². The van der Waals surface area contributed by atoms with Gasteiger partial charge in [-0.25, -0.2) is 0 Å². The number of furan rings is 1. The van der Waals surface area contributed by atoms with Gasteiger partial charge in [0.25, 0.3) is 0 Å². The Morgan fingerprint density at radius 2 is 2.00 bits per heavy atom. The molecule has 0 saturated carbocycles. The van der Waals surface area contributed by atoms with E-state index in [1.165, 1.54) is 19.3 Å². The van der Waals surface area contributed by atoms with Crippen LogP contribution in [-0.2, 0) is 17.8 Å². The number of hydrogen-bond donors (Lipinski definition) is 0. The van der Waals surface area contributed by atoms with Crippen LogP contribution in [0.4, 0.5) is 0 Å². The third-order valence-corrected chi connectivity index (χ3v) is 2.67. The van der Waals surface area contributed by atoms with Crippen LogP contribution in [0.3, 0.4) is 0 Å². The van der Waals surface area contributed by atoms with Gasteiger partial charge in [0.15, 0.2) is 0 Å². The molecular formula is C13H21NO2. The highest BCUT2D eigenvalue weighted by Crippen LogP contribution is 2.13. The fourth-order valence-electron chi connectivity index (χ4n) is 1.54. The van der Waals surface area contributed by atoms with E-state index in [2.05, 4.69) is 6.92 Å². The number of nitrogens with zero attached hydrogens (tertiary/aromatic N) is 1.